The van der Waals surface area contributed by atoms with Gasteiger partial charge >= 0.3 is 24.1 Å². The number of halogens is 1. The third-order valence-corrected chi connectivity index (χ3v) is 19.5. The van der Waals surface area contributed by atoms with Crippen molar-refractivity contribution in [3.8, 4) is 16.9 Å². The average Bonchev–Trinajstić information content (AvgIpc) is 1.57. The van der Waals surface area contributed by atoms with Crippen LogP contribution in [-0.2, 0) is 81.4 Å². The molecule has 0 radical (unpaired) electrons. The second-order valence-corrected chi connectivity index (χ2v) is 26.3. The van der Waals surface area contributed by atoms with Crippen molar-refractivity contribution >= 4 is 75.9 Å². The molecule has 0 saturated carbocycles. The molecule has 26 nitrogen and oxygen atoms in total. The zero-order valence-corrected chi connectivity index (χ0v) is 58.9. The van der Waals surface area contributed by atoms with Crippen molar-refractivity contribution < 1.29 is 86.5 Å². The summed E-state index contributed by atoms with van der Waals surface area (Å²) in [6.45, 7) is 7.58. The number of fused-ring (bicyclic) bond motifs is 9. The van der Waals surface area contributed by atoms with Crippen LogP contribution in [0.1, 0.15) is 94.5 Å². The number of hydrogen-bond donors (Lipinski definition) is 5. The molecule has 538 valence electrons. The van der Waals surface area contributed by atoms with Crippen molar-refractivity contribution in [2.24, 2.45) is 5.92 Å². The minimum absolute atomic E-state index is 0.0173. The molecular formula is C73H91ClN8O18. The molecule has 1 aliphatic carbocycles. The van der Waals surface area contributed by atoms with E-state index in [2.05, 4.69) is 40.2 Å². The quantitative estimate of drug-likeness (QED) is 0.0111. The van der Waals surface area contributed by atoms with E-state index in [1.165, 1.54) is 43.0 Å². The molecule has 9 rings (SSSR count). The van der Waals surface area contributed by atoms with Gasteiger partial charge in [0.05, 0.1) is 64.7 Å². The van der Waals surface area contributed by atoms with Gasteiger partial charge in [-0.25, -0.2) is 24.4 Å². The first-order valence-corrected chi connectivity index (χ1v) is 33.8. The molecule has 2 saturated heterocycles. The molecule has 1 aromatic heterocycles. The van der Waals surface area contributed by atoms with E-state index in [4.69, 9.17) is 49.5 Å². The Morgan fingerprint density at radius 3 is 2.26 bits per heavy atom. The number of aromatic nitrogens is 1. The number of carboxylic acids is 1. The number of hydrogen-bond acceptors (Lipinski definition) is 18. The van der Waals surface area contributed by atoms with E-state index in [1.807, 2.05) is 72.2 Å². The number of amides is 6. The zero-order valence-electron chi connectivity index (χ0n) is 58.2. The van der Waals surface area contributed by atoms with E-state index in [0.29, 0.717) is 17.9 Å². The molecule has 4 aromatic carbocycles. The normalized spacial score (nSPS) is 22.7. The highest BCUT2D eigenvalue weighted by molar-refractivity contribution is 6.35. The number of epoxide rings is 1. The fourth-order valence-corrected chi connectivity index (χ4v) is 13.4. The number of anilines is 1. The summed E-state index contributed by atoms with van der Waals surface area (Å²) in [6.07, 6.45) is -1.03. The molecule has 4 bridgehead atoms. The molecule has 6 amide bonds. The number of likely N-dealkylation sites (N-methyl/N-ethyl adjacent to an activating group) is 1. The third kappa shape index (κ3) is 18.0. The molecule has 5 N–H and O–H groups in total. The first-order chi connectivity index (χ1) is 47.7. The van der Waals surface area contributed by atoms with Gasteiger partial charge in [-0.15, -0.1) is 0 Å². The van der Waals surface area contributed by atoms with E-state index < -0.39 is 108 Å². The second kappa shape index (κ2) is 33.5. The summed E-state index contributed by atoms with van der Waals surface area (Å²) in [5.41, 5.74) is 4.86. The Bertz CT molecular complexity index is 3840. The Labute approximate surface area is 586 Å². The maximum Gasteiger partial charge on any atom is 0.424 e. The van der Waals surface area contributed by atoms with Crippen molar-refractivity contribution in [1.82, 2.24) is 35.4 Å². The first-order valence-electron chi connectivity index (χ1n) is 33.4. The van der Waals surface area contributed by atoms with Gasteiger partial charge in [0.1, 0.15) is 53.4 Å². The standard InChI is InChI=1S/C73H91ClN8O18/c1-44-18-17-25-60(94-10)73(92)41-59(98-70(90)77-73)45(2)67-72(4,100-67)61(40-64(85)80(7)57-37-47(36-44)38-58(93-9)66(57)74)99-69(89)46(3)79(6)63(84)29-32-95-34-35-96-33-30-75-68(88)55(26-27-65(86)87)76-62(83)28-31-82-49(39-48-19-11-16-24-56(48)82)42-78(5)81(8)71(91)97-43-54-52-22-14-12-20-50(52)51-21-13-15-23-53(51)54/h11-25,37-39,45-46,54-55,59-61,67,92H,26-36,40-43H2,1-10H3,(H,75,88)(H,76,83)(H,77,90)(H,86,87)/b25-17+,44-18+/t45-,46+,55+,59+,60-,61+,67?,72+,73+/m1/s1. The van der Waals surface area contributed by atoms with Crippen LogP contribution < -0.4 is 25.6 Å². The molecule has 2 fully saturated rings. The number of ether oxygens (including phenoxy) is 8. The number of benzene rings is 4. The van der Waals surface area contributed by atoms with Crippen LogP contribution in [0.3, 0.4) is 0 Å². The topological polar surface area (TPSA) is 308 Å². The number of hydrazine groups is 1. The number of nitrogens with zero attached hydrogens (tertiary/aromatic N) is 5. The van der Waals surface area contributed by atoms with Gasteiger partial charge in [-0.1, -0.05) is 109 Å². The van der Waals surface area contributed by atoms with Gasteiger partial charge in [0.25, 0.3) is 0 Å². The number of para-hydroxylation sites is 1. The molecule has 1 unspecified atom stereocenters. The van der Waals surface area contributed by atoms with E-state index in [9.17, 15) is 48.6 Å². The molecule has 27 heteroatoms. The summed E-state index contributed by atoms with van der Waals surface area (Å²) in [4.78, 5) is 110. The number of carbonyl (C=O) groups excluding carboxylic acids is 7. The Hall–Kier alpha value is -8.89. The molecule has 9 atom stereocenters. The molecular weight excluding hydrogens is 1310 g/mol. The maximum absolute atomic E-state index is 14.4. The van der Waals surface area contributed by atoms with Crippen LogP contribution >= 0.6 is 11.6 Å². The highest BCUT2D eigenvalue weighted by atomic mass is 35.5. The van der Waals surface area contributed by atoms with Crippen molar-refractivity contribution in [2.75, 3.05) is 86.9 Å². The summed E-state index contributed by atoms with van der Waals surface area (Å²) >= 11 is 6.84. The predicted molar refractivity (Wildman–Crippen MR) is 370 cm³/mol. The number of aliphatic hydroxyl groups is 1. The van der Waals surface area contributed by atoms with Crippen LogP contribution in [0, 0.1) is 5.92 Å². The lowest BCUT2D eigenvalue weighted by Crippen LogP contribution is -2.63. The highest BCUT2D eigenvalue weighted by Gasteiger charge is 2.64. The van der Waals surface area contributed by atoms with Crippen molar-refractivity contribution in [3.63, 3.8) is 0 Å². The third-order valence-electron chi connectivity index (χ3n) is 19.2. The van der Waals surface area contributed by atoms with Gasteiger partial charge in [-0.3, -0.25) is 29.3 Å². The second-order valence-electron chi connectivity index (χ2n) is 26.0. The number of carboxylic acid groups (broad SMARTS) is 1. The Kier molecular flexibility index (Phi) is 25.2. The summed E-state index contributed by atoms with van der Waals surface area (Å²) in [5.74, 6) is -4.43. The smallest absolute Gasteiger partial charge is 0.424 e. The Morgan fingerprint density at radius 1 is 0.890 bits per heavy atom. The first kappa shape index (κ1) is 75.3. The van der Waals surface area contributed by atoms with E-state index in [1.54, 1.807) is 64.3 Å². The fourth-order valence-electron chi connectivity index (χ4n) is 13.1. The predicted octanol–water partition coefficient (Wildman–Crippen LogP) is 7.68. The van der Waals surface area contributed by atoms with Crippen molar-refractivity contribution in [3.05, 3.63) is 142 Å². The Balaban J connectivity index is 0.726. The number of nitrogens with one attached hydrogen (secondary N) is 3. The minimum Gasteiger partial charge on any atom is -0.495 e. The lowest BCUT2D eigenvalue weighted by molar-refractivity contribution is -0.162. The summed E-state index contributed by atoms with van der Waals surface area (Å²) in [5, 5.41) is 33.6. The monoisotopic (exact) mass is 1400 g/mol. The number of aryl methyl sites for hydroxylation is 1. The average molecular weight is 1400 g/mol. The van der Waals surface area contributed by atoms with Crippen LogP contribution in [0.4, 0.5) is 15.3 Å². The molecule has 5 aromatic rings. The number of alkyl carbamates (subject to hydrolysis) is 1. The summed E-state index contributed by atoms with van der Waals surface area (Å²) in [6, 6.07) is 27.1. The summed E-state index contributed by atoms with van der Waals surface area (Å²) in [7, 11) is 9.25. The maximum atomic E-state index is 14.4. The summed E-state index contributed by atoms with van der Waals surface area (Å²) < 4.78 is 48.7. The van der Waals surface area contributed by atoms with Crippen LogP contribution in [0.2, 0.25) is 5.02 Å². The molecule has 4 aliphatic rings. The van der Waals surface area contributed by atoms with Gasteiger partial charge in [0.15, 0.2) is 5.72 Å². The van der Waals surface area contributed by atoms with Crippen molar-refractivity contribution in [2.45, 2.75) is 139 Å². The van der Waals surface area contributed by atoms with E-state index >= 15 is 0 Å². The minimum atomic E-state index is -1.90. The molecule has 4 heterocycles. The fraction of sp³-hybridized carbons (Fsp3) is 0.479. The van der Waals surface area contributed by atoms with Crippen LogP contribution in [-0.4, -0.2) is 207 Å². The SMILES string of the molecule is COc1cc2cc(c1Cl)N(C)C(=O)C[C@H](OC(=O)[C@H](C)N(C)C(=O)CCOCCOCCNC(=O)[C@H](CCC(=O)O)NC(=O)CCn1c(CN(C)N(C)C(=O)OCC3c4ccccc4-c4ccccc43)cc3ccccc31)[C@]1(C)OC1[C@H](C)[C@@H]1C[C@@](O)(NC(=O)O1)[C@H](OC)/C=C/C=C(\C)C2. The highest BCUT2D eigenvalue weighted by Crippen LogP contribution is 2.50. The Morgan fingerprint density at radius 2 is 1.57 bits per heavy atom. The number of allylic oxidation sites excluding steroid dienone is 3. The van der Waals surface area contributed by atoms with Gasteiger partial charge in [0, 0.05) is 90.7 Å². The van der Waals surface area contributed by atoms with E-state index in [0.717, 1.165) is 50.0 Å². The number of esters is 1. The lowest BCUT2D eigenvalue weighted by atomic mass is 9.83. The number of aliphatic carboxylic acids is 1. The molecule has 0 spiro atoms. The molecule has 100 heavy (non-hydrogen) atoms. The zero-order chi connectivity index (χ0) is 72.2. The van der Waals surface area contributed by atoms with Gasteiger partial charge < -0.3 is 73.1 Å². The largest absolute Gasteiger partial charge is 0.495 e. The number of methoxy groups -OCH3 is 2. The van der Waals surface area contributed by atoms with Gasteiger partial charge in [-0.2, -0.15) is 0 Å². The van der Waals surface area contributed by atoms with Crippen molar-refractivity contribution in [1.29, 1.82) is 0 Å². The number of carbonyl (C=O) groups is 8. The van der Waals surface area contributed by atoms with Gasteiger partial charge in [-0.05, 0) is 91.1 Å². The van der Waals surface area contributed by atoms with Crippen LogP contribution in [0.25, 0.3) is 22.0 Å². The van der Waals surface area contributed by atoms with Crippen LogP contribution in [0.5, 0.6) is 5.75 Å². The lowest BCUT2D eigenvalue weighted by Gasteiger charge is -2.42. The van der Waals surface area contributed by atoms with E-state index in [-0.39, 0.29) is 95.7 Å². The van der Waals surface area contributed by atoms with Crippen LogP contribution in [0.15, 0.2) is 115 Å². The molecule has 3 aliphatic heterocycles. The van der Waals surface area contributed by atoms with Gasteiger partial charge in [0.2, 0.25) is 23.6 Å². The number of rotatable bonds is 27.